The Morgan fingerprint density at radius 2 is 2.25 bits per heavy atom. The average Bonchev–Trinajstić information content (AvgIpc) is 3.38. The molecule has 9 heteroatoms. The summed E-state index contributed by atoms with van der Waals surface area (Å²) < 4.78 is 21.4. The van der Waals surface area contributed by atoms with Crippen molar-refractivity contribution in [2.45, 2.75) is 12.5 Å². The third-order valence-electron chi connectivity index (χ3n) is 5.04. The van der Waals surface area contributed by atoms with E-state index in [-0.39, 0.29) is 16.6 Å². The highest BCUT2D eigenvalue weighted by molar-refractivity contribution is 6.29. The van der Waals surface area contributed by atoms with Gasteiger partial charge in [0, 0.05) is 37.2 Å². The van der Waals surface area contributed by atoms with E-state index in [1.807, 2.05) is 0 Å². The van der Waals surface area contributed by atoms with Crippen molar-refractivity contribution in [3.05, 3.63) is 70.5 Å². The average molecular weight is 400 g/mol. The van der Waals surface area contributed by atoms with Crippen LogP contribution in [0.25, 0.3) is 11.0 Å². The van der Waals surface area contributed by atoms with Crippen LogP contribution in [-0.4, -0.2) is 37.1 Å². The largest absolute Gasteiger partial charge is 0.455 e. The van der Waals surface area contributed by atoms with Crippen LogP contribution in [0.1, 0.15) is 33.7 Å². The molecule has 3 aromatic heterocycles. The van der Waals surface area contributed by atoms with Gasteiger partial charge in [0.2, 0.25) is 0 Å². The van der Waals surface area contributed by atoms with Crippen molar-refractivity contribution in [2.75, 3.05) is 6.54 Å². The second-order valence-corrected chi connectivity index (χ2v) is 7.09. The molecule has 0 aliphatic carbocycles. The second kappa shape index (κ2) is 6.20. The number of aromatic nitrogens is 4. The molecular formula is C19H15ClFN5O2. The number of furan rings is 1. The van der Waals surface area contributed by atoms with Crippen molar-refractivity contribution in [1.82, 2.24) is 24.6 Å². The number of benzene rings is 1. The zero-order chi connectivity index (χ0) is 19.4. The first kappa shape index (κ1) is 17.0. The summed E-state index contributed by atoms with van der Waals surface area (Å²) in [7, 11) is 1.66. The quantitative estimate of drug-likeness (QED) is 0.559. The van der Waals surface area contributed by atoms with Crippen LogP contribution in [-0.2, 0) is 13.5 Å². The van der Waals surface area contributed by atoms with Crippen molar-refractivity contribution in [2.24, 2.45) is 7.05 Å². The Morgan fingerprint density at radius 3 is 3.00 bits per heavy atom. The number of carbonyl (C=O) groups excluding carboxylic acids is 1. The Kier molecular flexibility index (Phi) is 3.77. The molecule has 0 spiro atoms. The molecule has 1 aromatic carbocycles. The number of imidazole rings is 1. The Balaban J connectivity index is 1.65. The zero-order valence-electron chi connectivity index (χ0n) is 14.8. The number of H-pyrrole nitrogens is 1. The van der Waals surface area contributed by atoms with Crippen molar-refractivity contribution in [3.63, 3.8) is 0 Å². The van der Waals surface area contributed by atoms with E-state index < -0.39 is 11.9 Å². The molecule has 0 bridgehead atoms. The van der Waals surface area contributed by atoms with E-state index in [4.69, 9.17) is 16.0 Å². The number of hydrogen-bond acceptors (Lipinski definition) is 4. The number of aryl methyl sites for hydroxylation is 1. The smallest absolute Gasteiger partial charge is 0.273 e. The number of hydrogen-bond donors (Lipinski definition) is 1. The van der Waals surface area contributed by atoms with E-state index in [1.165, 1.54) is 16.8 Å². The van der Waals surface area contributed by atoms with E-state index in [9.17, 15) is 9.18 Å². The molecule has 0 radical (unpaired) electrons. The van der Waals surface area contributed by atoms with Gasteiger partial charge in [-0.05, 0) is 12.1 Å². The topological polar surface area (TPSA) is 80.0 Å². The Morgan fingerprint density at radius 1 is 1.39 bits per heavy atom. The predicted octanol–water partition coefficient (Wildman–Crippen LogP) is 3.47. The monoisotopic (exact) mass is 399 g/mol. The molecule has 28 heavy (non-hydrogen) atoms. The summed E-state index contributed by atoms with van der Waals surface area (Å²) in [4.78, 5) is 22.5. The molecule has 5 rings (SSSR count). The fraction of sp³-hybridized carbons (Fsp3) is 0.211. The highest BCUT2D eigenvalue weighted by Crippen LogP contribution is 2.37. The lowest BCUT2D eigenvalue weighted by Crippen LogP contribution is -2.41. The van der Waals surface area contributed by atoms with Gasteiger partial charge >= 0.3 is 0 Å². The van der Waals surface area contributed by atoms with Gasteiger partial charge in [-0.15, -0.1) is 0 Å². The molecular weight excluding hydrogens is 385 g/mol. The molecule has 0 unspecified atom stereocenters. The third kappa shape index (κ3) is 2.52. The van der Waals surface area contributed by atoms with Gasteiger partial charge in [0.1, 0.15) is 17.5 Å². The molecule has 1 atom stereocenters. The minimum Gasteiger partial charge on any atom is -0.455 e. The molecule has 7 nitrogen and oxygen atoms in total. The van der Waals surface area contributed by atoms with Gasteiger partial charge in [-0.2, -0.15) is 5.10 Å². The van der Waals surface area contributed by atoms with Crippen molar-refractivity contribution in [1.29, 1.82) is 0 Å². The van der Waals surface area contributed by atoms with Gasteiger partial charge < -0.3 is 14.3 Å². The van der Waals surface area contributed by atoms with Crippen molar-refractivity contribution >= 4 is 28.5 Å². The van der Waals surface area contributed by atoms with E-state index >= 15 is 0 Å². The van der Waals surface area contributed by atoms with Crippen LogP contribution in [0, 0.1) is 5.82 Å². The summed E-state index contributed by atoms with van der Waals surface area (Å²) in [5, 5.41) is 4.92. The molecule has 1 aliphatic rings. The van der Waals surface area contributed by atoms with E-state index in [1.54, 1.807) is 36.5 Å². The normalized spacial score (nSPS) is 16.5. The lowest BCUT2D eigenvalue weighted by Gasteiger charge is -2.33. The fourth-order valence-corrected chi connectivity index (χ4v) is 3.96. The van der Waals surface area contributed by atoms with Crippen LogP contribution >= 0.6 is 11.6 Å². The first-order chi connectivity index (χ1) is 13.5. The number of carbonyl (C=O) groups is 1. The van der Waals surface area contributed by atoms with Crippen LogP contribution < -0.4 is 0 Å². The van der Waals surface area contributed by atoms with Gasteiger partial charge in [-0.3, -0.25) is 9.48 Å². The molecule has 0 fully saturated rings. The molecule has 4 heterocycles. The maximum absolute atomic E-state index is 14.2. The van der Waals surface area contributed by atoms with Gasteiger partial charge in [-0.1, -0.05) is 23.7 Å². The highest BCUT2D eigenvalue weighted by atomic mass is 35.5. The number of fused-ring (bicyclic) bond motifs is 2. The third-order valence-corrected chi connectivity index (χ3v) is 5.22. The molecule has 4 aromatic rings. The standard InChI is InChI=1S/C19H15ClFN5O2/c1-25-13(8-15(20)24-25)19(27)26-6-5-12-16(23-9-22-12)17(26)14-7-10-3-2-4-11(21)18(10)28-14/h2-4,7-9,17H,5-6H2,1H3,(H,22,23)/t17-/m1/s1. The molecule has 1 amide bonds. The maximum atomic E-state index is 14.2. The molecule has 1 aliphatic heterocycles. The number of para-hydroxylation sites is 1. The van der Waals surface area contributed by atoms with Gasteiger partial charge in [-0.25, -0.2) is 9.37 Å². The first-order valence-electron chi connectivity index (χ1n) is 8.73. The van der Waals surface area contributed by atoms with Gasteiger partial charge in [0.15, 0.2) is 16.6 Å². The lowest BCUT2D eigenvalue weighted by molar-refractivity contribution is 0.0661. The van der Waals surface area contributed by atoms with Crippen LogP contribution in [0.4, 0.5) is 4.39 Å². The molecule has 0 saturated heterocycles. The minimum atomic E-state index is -0.581. The van der Waals surface area contributed by atoms with Crippen molar-refractivity contribution < 1.29 is 13.6 Å². The van der Waals surface area contributed by atoms with E-state index in [0.29, 0.717) is 35.5 Å². The molecule has 0 saturated carbocycles. The Bertz CT molecular complexity index is 1210. The summed E-state index contributed by atoms with van der Waals surface area (Å²) in [6.07, 6.45) is 2.22. The number of halogens is 2. The lowest BCUT2D eigenvalue weighted by atomic mass is 9.99. The minimum absolute atomic E-state index is 0.163. The van der Waals surface area contributed by atoms with Crippen LogP contribution in [0.15, 0.2) is 41.1 Å². The second-order valence-electron chi connectivity index (χ2n) is 6.70. The van der Waals surface area contributed by atoms with E-state index in [2.05, 4.69) is 15.1 Å². The summed E-state index contributed by atoms with van der Waals surface area (Å²) in [5.74, 6) is -0.241. The summed E-state index contributed by atoms with van der Waals surface area (Å²) in [5.41, 5.74) is 2.14. The number of aromatic amines is 1. The SMILES string of the molecule is Cn1nc(Cl)cc1C(=O)N1CCc2[nH]cnc2[C@H]1c1cc2cccc(F)c2o1. The Labute approximate surface area is 163 Å². The van der Waals surface area contributed by atoms with Gasteiger partial charge in [0.25, 0.3) is 5.91 Å². The highest BCUT2D eigenvalue weighted by Gasteiger charge is 2.37. The summed E-state index contributed by atoms with van der Waals surface area (Å²) in [6, 6.07) is 7.44. The summed E-state index contributed by atoms with van der Waals surface area (Å²) >= 11 is 5.96. The number of amides is 1. The zero-order valence-corrected chi connectivity index (χ0v) is 15.6. The maximum Gasteiger partial charge on any atom is 0.273 e. The van der Waals surface area contributed by atoms with Gasteiger partial charge in [0.05, 0.1) is 12.0 Å². The number of nitrogens with one attached hydrogen (secondary N) is 1. The van der Waals surface area contributed by atoms with Crippen LogP contribution in [0.2, 0.25) is 5.15 Å². The Hall–Kier alpha value is -3.13. The first-order valence-corrected chi connectivity index (χ1v) is 9.11. The fourth-order valence-electron chi connectivity index (χ4n) is 3.75. The van der Waals surface area contributed by atoms with Crippen molar-refractivity contribution in [3.8, 4) is 0 Å². The number of rotatable bonds is 2. The molecule has 1 N–H and O–H groups in total. The predicted molar refractivity (Wildman–Crippen MR) is 99.6 cm³/mol. The number of nitrogens with zero attached hydrogens (tertiary/aromatic N) is 4. The molecule has 142 valence electrons. The van der Waals surface area contributed by atoms with E-state index in [0.717, 1.165) is 5.69 Å². The van der Waals surface area contributed by atoms with Crippen LogP contribution in [0.3, 0.4) is 0 Å². The van der Waals surface area contributed by atoms with Crippen LogP contribution in [0.5, 0.6) is 0 Å². The summed E-state index contributed by atoms with van der Waals surface area (Å²) in [6.45, 7) is 0.445.